The molecule has 0 aliphatic carbocycles. The van der Waals surface area contributed by atoms with Gasteiger partial charge in [-0.25, -0.2) is 4.79 Å². The number of benzene rings is 1. The van der Waals surface area contributed by atoms with E-state index < -0.39 is 17.3 Å². The summed E-state index contributed by atoms with van der Waals surface area (Å²) in [4.78, 5) is 26.4. The van der Waals surface area contributed by atoms with Crippen molar-refractivity contribution in [2.45, 2.75) is 25.5 Å². The van der Waals surface area contributed by atoms with Crippen molar-refractivity contribution in [3.8, 4) is 17.0 Å². The Bertz CT molecular complexity index is 1440. The predicted molar refractivity (Wildman–Crippen MR) is 120 cm³/mol. The predicted octanol–water partition coefficient (Wildman–Crippen LogP) is 3.16. The van der Waals surface area contributed by atoms with Gasteiger partial charge in [0.25, 0.3) is 5.56 Å². The van der Waals surface area contributed by atoms with Crippen LogP contribution in [0.15, 0.2) is 56.7 Å². The number of rotatable bonds is 3. The molecule has 0 N–H and O–H groups in total. The van der Waals surface area contributed by atoms with Gasteiger partial charge in [-0.15, -0.1) is 0 Å². The van der Waals surface area contributed by atoms with Gasteiger partial charge >= 0.3 is 5.69 Å². The van der Waals surface area contributed by atoms with Crippen LogP contribution in [0.5, 0.6) is 5.75 Å². The highest BCUT2D eigenvalue weighted by Crippen LogP contribution is 2.45. The fourth-order valence-electron chi connectivity index (χ4n) is 4.68. The van der Waals surface area contributed by atoms with Crippen LogP contribution < -0.4 is 16.0 Å². The van der Waals surface area contributed by atoms with E-state index in [1.54, 1.807) is 26.5 Å². The molecule has 1 aliphatic heterocycles. The highest BCUT2D eigenvalue weighted by atomic mass is 16.5. The molecule has 32 heavy (non-hydrogen) atoms. The molecule has 0 saturated carbocycles. The molecule has 3 aromatic heterocycles. The molecule has 1 atom stereocenters. The fourth-order valence-corrected chi connectivity index (χ4v) is 4.68. The Hall–Kier alpha value is -3.52. The van der Waals surface area contributed by atoms with Crippen molar-refractivity contribution < 1.29 is 13.9 Å². The minimum atomic E-state index is -0.551. The Morgan fingerprint density at radius 1 is 1.06 bits per heavy atom. The van der Waals surface area contributed by atoms with Gasteiger partial charge < -0.3 is 18.5 Å². The summed E-state index contributed by atoms with van der Waals surface area (Å²) in [5, 5.41) is 0.477. The Labute approximate surface area is 184 Å². The Morgan fingerprint density at radius 3 is 2.41 bits per heavy atom. The van der Waals surface area contributed by atoms with Crippen LogP contribution in [-0.2, 0) is 24.4 Å². The van der Waals surface area contributed by atoms with Crippen molar-refractivity contribution in [1.82, 2.24) is 13.7 Å². The van der Waals surface area contributed by atoms with Gasteiger partial charge in [0, 0.05) is 14.1 Å². The fraction of sp³-hybridized carbons (Fsp3) is 0.333. The molecule has 0 amide bonds. The third-order valence-corrected chi connectivity index (χ3v) is 6.23. The molecule has 8 nitrogen and oxygen atoms in total. The summed E-state index contributed by atoms with van der Waals surface area (Å²) in [7, 11) is 4.80. The van der Waals surface area contributed by atoms with E-state index in [1.807, 2.05) is 30.3 Å². The van der Waals surface area contributed by atoms with Gasteiger partial charge in [-0.3, -0.25) is 13.9 Å². The summed E-state index contributed by atoms with van der Waals surface area (Å²) in [6.07, 6.45) is 1.04. The smallest absolute Gasteiger partial charge is 0.331 e. The van der Waals surface area contributed by atoms with Gasteiger partial charge in [0.05, 0.1) is 47.8 Å². The van der Waals surface area contributed by atoms with E-state index in [0.717, 1.165) is 27.3 Å². The quantitative estimate of drug-likeness (QED) is 0.494. The largest absolute Gasteiger partial charge is 0.497 e. The number of ether oxygens (including phenoxy) is 2. The maximum absolute atomic E-state index is 13.5. The average molecular weight is 435 g/mol. The summed E-state index contributed by atoms with van der Waals surface area (Å²) >= 11 is 0. The SMILES string of the molecule is COc1ccc(-c2c3c(=O)n(C)c(=O)n(C)c3c3n2C(C)(C)COC3c2ccco2)cc1. The molecule has 0 bridgehead atoms. The summed E-state index contributed by atoms with van der Waals surface area (Å²) in [5.41, 5.74) is 1.67. The van der Waals surface area contributed by atoms with E-state index in [0.29, 0.717) is 23.3 Å². The number of aromatic nitrogens is 3. The number of nitrogens with zero attached hydrogens (tertiary/aromatic N) is 3. The van der Waals surface area contributed by atoms with E-state index in [-0.39, 0.29) is 5.56 Å². The molecule has 0 radical (unpaired) electrons. The molecule has 0 spiro atoms. The lowest BCUT2D eigenvalue weighted by Crippen LogP contribution is -2.40. The van der Waals surface area contributed by atoms with E-state index in [9.17, 15) is 9.59 Å². The third kappa shape index (κ3) is 2.72. The summed E-state index contributed by atoms with van der Waals surface area (Å²) in [6, 6.07) is 11.2. The second-order valence-electron chi connectivity index (χ2n) is 8.75. The molecule has 1 aromatic carbocycles. The van der Waals surface area contributed by atoms with Gasteiger partial charge in [-0.2, -0.15) is 0 Å². The molecule has 5 rings (SSSR count). The highest BCUT2D eigenvalue weighted by molar-refractivity contribution is 5.96. The van der Waals surface area contributed by atoms with Crippen LogP contribution in [0.1, 0.15) is 31.4 Å². The van der Waals surface area contributed by atoms with Crippen LogP contribution in [0.2, 0.25) is 0 Å². The number of hydrogen-bond acceptors (Lipinski definition) is 5. The molecule has 0 saturated heterocycles. The lowest BCUT2D eigenvalue weighted by Gasteiger charge is -2.38. The normalized spacial score (nSPS) is 17.5. The van der Waals surface area contributed by atoms with Crippen LogP contribution in [0, 0.1) is 0 Å². The molecule has 4 heterocycles. The van der Waals surface area contributed by atoms with Gasteiger partial charge in [0.15, 0.2) is 6.10 Å². The lowest BCUT2D eigenvalue weighted by molar-refractivity contribution is -0.0164. The first-order valence-corrected chi connectivity index (χ1v) is 10.4. The van der Waals surface area contributed by atoms with Crippen LogP contribution in [0.4, 0.5) is 0 Å². The van der Waals surface area contributed by atoms with Crippen molar-refractivity contribution >= 4 is 10.9 Å². The summed E-state index contributed by atoms with van der Waals surface area (Å²) < 4.78 is 22.1. The monoisotopic (exact) mass is 435 g/mol. The van der Waals surface area contributed by atoms with E-state index in [2.05, 4.69) is 18.4 Å². The number of furan rings is 1. The third-order valence-electron chi connectivity index (χ3n) is 6.23. The van der Waals surface area contributed by atoms with E-state index in [4.69, 9.17) is 13.9 Å². The Morgan fingerprint density at radius 2 is 1.78 bits per heavy atom. The number of hydrogen-bond donors (Lipinski definition) is 0. The number of fused-ring (bicyclic) bond motifs is 3. The maximum atomic E-state index is 13.5. The molecular weight excluding hydrogens is 410 g/mol. The van der Waals surface area contributed by atoms with Crippen molar-refractivity contribution in [2.24, 2.45) is 14.1 Å². The van der Waals surface area contributed by atoms with Gasteiger partial charge in [0.2, 0.25) is 0 Å². The van der Waals surface area contributed by atoms with E-state index in [1.165, 1.54) is 11.6 Å². The van der Waals surface area contributed by atoms with Crippen molar-refractivity contribution in [1.29, 1.82) is 0 Å². The Kier molecular flexibility index (Phi) is 4.46. The molecule has 0 fully saturated rings. The molecule has 4 aromatic rings. The number of methoxy groups -OCH3 is 1. The molecular formula is C24H25N3O5. The van der Waals surface area contributed by atoms with Gasteiger partial charge in [0.1, 0.15) is 11.5 Å². The van der Waals surface area contributed by atoms with Gasteiger partial charge in [-0.05, 0) is 55.8 Å². The molecule has 1 unspecified atom stereocenters. The molecule has 8 heteroatoms. The van der Waals surface area contributed by atoms with Crippen LogP contribution in [0.25, 0.3) is 22.2 Å². The minimum Gasteiger partial charge on any atom is -0.497 e. The van der Waals surface area contributed by atoms with Crippen molar-refractivity contribution in [3.05, 3.63) is 75.0 Å². The standard InChI is InChI=1S/C24H25N3O5/c1-24(2)13-32-21(16-7-6-12-31-16)20-19-17(22(28)26(4)23(29)25(19)3)18(27(20)24)14-8-10-15(30-5)11-9-14/h6-12,21H,13H2,1-5H3. The zero-order chi connectivity index (χ0) is 22.8. The van der Waals surface area contributed by atoms with Crippen LogP contribution in [0.3, 0.4) is 0 Å². The average Bonchev–Trinajstić information content (AvgIpc) is 3.44. The van der Waals surface area contributed by atoms with Crippen LogP contribution >= 0.6 is 0 Å². The van der Waals surface area contributed by atoms with E-state index >= 15 is 0 Å². The van der Waals surface area contributed by atoms with Crippen molar-refractivity contribution in [3.63, 3.8) is 0 Å². The highest BCUT2D eigenvalue weighted by Gasteiger charge is 2.41. The molecule has 166 valence electrons. The van der Waals surface area contributed by atoms with Gasteiger partial charge in [-0.1, -0.05) is 0 Å². The maximum Gasteiger partial charge on any atom is 0.331 e. The first-order valence-electron chi connectivity index (χ1n) is 10.4. The summed E-state index contributed by atoms with van der Waals surface area (Å²) in [6.45, 7) is 4.52. The molecule has 1 aliphatic rings. The first kappa shape index (κ1) is 20.4. The first-order chi connectivity index (χ1) is 15.3. The zero-order valence-electron chi connectivity index (χ0n) is 18.7. The second kappa shape index (κ2) is 7.00. The Balaban J connectivity index is 2.00. The lowest BCUT2D eigenvalue weighted by atomic mass is 10.0. The zero-order valence-corrected chi connectivity index (χ0v) is 18.7. The second-order valence-corrected chi connectivity index (χ2v) is 8.75. The topological polar surface area (TPSA) is 80.5 Å². The summed E-state index contributed by atoms with van der Waals surface area (Å²) in [5.74, 6) is 1.34. The van der Waals surface area contributed by atoms with Crippen LogP contribution in [-0.4, -0.2) is 27.4 Å². The minimum absolute atomic E-state index is 0.343. The van der Waals surface area contributed by atoms with Crippen molar-refractivity contribution in [2.75, 3.05) is 13.7 Å². The number of aryl methyl sites for hydroxylation is 1.